The molecule has 0 saturated heterocycles. The summed E-state index contributed by atoms with van der Waals surface area (Å²) in [5.41, 5.74) is 2.58. The number of allylic oxidation sites excluding steroid dienone is 1. The average Bonchev–Trinajstić information content (AvgIpc) is 3.11. The molecule has 1 aromatic heterocycles. The predicted molar refractivity (Wildman–Crippen MR) is 108 cm³/mol. The van der Waals surface area contributed by atoms with Crippen molar-refractivity contribution in [1.29, 1.82) is 0 Å². The number of halogens is 2. The largest absolute Gasteiger partial charge is 0.466 e. The summed E-state index contributed by atoms with van der Waals surface area (Å²) in [6.07, 6.45) is 0. The molecule has 3 aromatic rings. The first-order valence-corrected chi connectivity index (χ1v) is 9.28. The summed E-state index contributed by atoms with van der Waals surface area (Å²) in [6, 6.07) is 14.2. The van der Waals surface area contributed by atoms with Gasteiger partial charge in [0.1, 0.15) is 6.04 Å². The minimum absolute atomic E-state index is 0.406. The molecular weight excluding hydrogens is 399 g/mol. The van der Waals surface area contributed by atoms with E-state index in [0.717, 1.165) is 5.56 Å². The fourth-order valence-corrected chi connectivity index (χ4v) is 3.76. The van der Waals surface area contributed by atoms with E-state index in [-0.39, 0.29) is 0 Å². The first-order chi connectivity index (χ1) is 13.5. The third-order valence-electron chi connectivity index (χ3n) is 4.55. The van der Waals surface area contributed by atoms with Crippen LogP contribution in [0.4, 0.5) is 5.95 Å². The average molecular weight is 415 g/mol. The van der Waals surface area contributed by atoms with Crippen LogP contribution < -0.4 is 5.32 Å². The highest BCUT2D eigenvalue weighted by Gasteiger charge is 2.36. The van der Waals surface area contributed by atoms with E-state index in [1.807, 2.05) is 30.3 Å². The summed E-state index contributed by atoms with van der Waals surface area (Å²) in [5.74, 6) is 0.584. The number of hydrogen-bond acceptors (Lipinski definition) is 5. The van der Waals surface area contributed by atoms with Crippen molar-refractivity contribution in [3.05, 3.63) is 75.4 Å². The number of nitrogens with zero attached hydrogens (tertiary/aromatic N) is 3. The molecule has 4 rings (SSSR count). The lowest BCUT2D eigenvalue weighted by atomic mass is 9.96. The number of carbonyl (C=O) groups excluding carboxylic acids is 1. The van der Waals surface area contributed by atoms with Crippen LogP contribution in [0, 0.1) is 0 Å². The highest BCUT2D eigenvalue weighted by atomic mass is 35.5. The van der Waals surface area contributed by atoms with Crippen LogP contribution in [-0.4, -0.2) is 27.8 Å². The van der Waals surface area contributed by atoms with Crippen molar-refractivity contribution in [2.75, 3.05) is 12.4 Å². The Hall–Kier alpha value is -2.83. The summed E-state index contributed by atoms with van der Waals surface area (Å²) in [7, 11) is 1.34. The monoisotopic (exact) mass is 414 g/mol. The van der Waals surface area contributed by atoms with Gasteiger partial charge in [-0.3, -0.25) is 0 Å². The van der Waals surface area contributed by atoms with E-state index < -0.39 is 12.0 Å². The van der Waals surface area contributed by atoms with Gasteiger partial charge in [0.05, 0.1) is 12.7 Å². The van der Waals surface area contributed by atoms with Gasteiger partial charge in [-0.2, -0.15) is 4.98 Å². The molecule has 142 valence electrons. The Bertz CT molecular complexity index is 1090. The van der Waals surface area contributed by atoms with E-state index in [2.05, 4.69) is 15.4 Å². The van der Waals surface area contributed by atoms with Crippen molar-refractivity contribution in [3.63, 3.8) is 0 Å². The van der Waals surface area contributed by atoms with Crippen molar-refractivity contribution < 1.29 is 9.53 Å². The number of esters is 1. The van der Waals surface area contributed by atoms with E-state index >= 15 is 0 Å². The quantitative estimate of drug-likeness (QED) is 0.628. The summed E-state index contributed by atoms with van der Waals surface area (Å²) in [6.45, 7) is 1.80. The van der Waals surface area contributed by atoms with Gasteiger partial charge in [0.2, 0.25) is 5.95 Å². The highest BCUT2D eigenvalue weighted by Crippen LogP contribution is 2.39. The van der Waals surface area contributed by atoms with Crippen LogP contribution in [0.1, 0.15) is 18.5 Å². The summed E-state index contributed by atoms with van der Waals surface area (Å²) >= 11 is 12.5. The van der Waals surface area contributed by atoms with Crippen LogP contribution in [0.2, 0.25) is 10.0 Å². The van der Waals surface area contributed by atoms with Crippen molar-refractivity contribution in [3.8, 4) is 11.4 Å². The van der Waals surface area contributed by atoms with Crippen LogP contribution in [0.5, 0.6) is 0 Å². The minimum Gasteiger partial charge on any atom is -0.466 e. The van der Waals surface area contributed by atoms with Crippen molar-refractivity contribution in [2.45, 2.75) is 13.0 Å². The van der Waals surface area contributed by atoms with Gasteiger partial charge in [-0.1, -0.05) is 59.6 Å². The lowest BCUT2D eigenvalue weighted by Crippen LogP contribution is -2.29. The topological polar surface area (TPSA) is 69.0 Å². The third-order valence-corrected chi connectivity index (χ3v) is 5.11. The summed E-state index contributed by atoms with van der Waals surface area (Å²) in [4.78, 5) is 17.2. The lowest BCUT2D eigenvalue weighted by molar-refractivity contribution is -0.136. The molecule has 1 aliphatic heterocycles. The van der Waals surface area contributed by atoms with Crippen LogP contribution >= 0.6 is 23.2 Å². The van der Waals surface area contributed by atoms with Crippen LogP contribution in [0.25, 0.3) is 11.4 Å². The fourth-order valence-electron chi connectivity index (χ4n) is 3.25. The standard InChI is InChI=1S/C20H16Cl2N4O2/c1-11-16(19(27)28-2)17(14-9-8-13(21)10-15(14)22)26-20(23-11)24-18(25-26)12-6-4-3-5-7-12/h3-10,17H,1-2H3,(H,23,24,25)/t17-/m1/s1. The Balaban J connectivity index is 1.92. The van der Waals surface area contributed by atoms with Crippen LogP contribution in [0.15, 0.2) is 59.8 Å². The van der Waals surface area contributed by atoms with Crippen molar-refractivity contribution in [1.82, 2.24) is 14.8 Å². The second-order valence-electron chi connectivity index (χ2n) is 6.29. The molecule has 0 aliphatic carbocycles. The Kier molecular flexibility index (Phi) is 4.83. The molecule has 0 radical (unpaired) electrons. The fraction of sp³-hybridized carbons (Fsp3) is 0.150. The second-order valence-corrected chi connectivity index (χ2v) is 7.14. The molecule has 0 spiro atoms. The lowest BCUT2D eigenvalue weighted by Gasteiger charge is -2.28. The number of nitrogens with one attached hydrogen (secondary N) is 1. The number of ether oxygens (including phenoxy) is 1. The number of hydrogen-bond donors (Lipinski definition) is 1. The maximum absolute atomic E-state index is 12.6. The second kappa shape index (κ2) is 7.30. The van der Waals surface area contributed by atoms with Gasteiger partial charge >= 0.3 is 5.97 Å². The van der Waals surface area contributed by atoms with E-state index in [9.17, 15) is 4.79 Å². The number of anilines is 1. The van der Waals surface area contributed by atoms with Gasteiger partial charge in [0.15, 0.2) is 5.82 Å². The van der Waals surface area contributed by atoms with E-state index in [0.29, 0.717) is 38.7 Å². The number of rotatable bonds is 3. The molecular formula is C20H16Cl2N4O2. The summed E-state index contributed by atoms with van der Waals surface area (Å²) in [5, 5.41) is 8.73. The molecule has 1 atom stereocenters. The minimum atomic E-state index is -0.599. The molecule has 1 aliphatic rings. The zero-order chi connectivity index (χ0) is 19.8. The Labute approximate surface area is 171 Å². The number of benzene rings is 2. The van der Waals surface area contributed by atoms with Gasteiger partial charge in [-0.25, -0.2) is 9.48 Å². The Morgan fingerprint density at radius 1 is 1.18 bits per heavy atom. The van der Waals surface area contributed by atoms with E-state index in [1.165, 1.54) is 7.11 Å². The summed E-state index contributed by atoms with van der Waals surface area (Å²) < 4.78 is 6.66. The van der Waals surface area contributed by atoms with Gasteiger partial charge in [-0.15, -0.1) is 5.10 Å². The molecule has 0 bridgehead atoms. The molecule has 1 N–H and O–H groups in total. The molecule has 8 heteroatoms. The maximum Gasteiger partial charge on any atom is 0.338 e. The number of methoxy groups -OCH3 is 1. The Morgan fingerprint density at radius 3 is 2.61 bits per heavy atom. The molecule has 0 amide bonds. The molecule has 0 unspecified atom stereocenters. The zero-order valence-electron chi connectivity index (χ0n) is 15.1. The van der Waals surface area contributed by atoms with E-state index in [1.54, 1.807) is 29.8 Å². The molecule has 2 aromatic carbocycles. The SMILES string of the molecule is COC(=O)C1=C(C)Nc2nc(-c3ccccc3)nn2[C@@H]1c1ccc(Cl)cc1Cl. The smallest absolute Gasteiger partial charge is 0.338 e. The molecule has 0 fully saturated rings. The van der Waals surface area contributed by atoms with Crippen LogP contribution in [0.3, 0.4) is 0 Å². The number of aromatic nitrogens is 3. The van der Waals surface area contributed by atoms with Crippen molar-refractivity contribution >= 4 is 35.1 Å². The number of fused-ring (bicyclic) bond motifs is 1. The first-order valence-electron chi connectivity index (χ1n) is 8.52. The van der Waals surface area contributed by atoms with Gasteiger partial charge in [0, 0.05) is 26.9 Å². The molecule has 0 saturated carbocycles. The predicted octanol–water partition coefficient (Wildman–Crippen LogP) is 4.71. The molecule has 2 heterocycles. The normalized spacial score (nSPS) is 15.8. The van der Waals surface area contributed by atoms with E-state index in [4.69, 9.17) is 27.9 Å². The third kappa shape index (κ3) is 3.15. The molecule has 28 heavy (non-hydrogen) atoms. The van der Waals surface area contributed by atoms with Gasteiger partial charge in [-0.05, 0) is 19.1 Å². The number of carbonyl (C=O) groups is 1. The molecule has 6 nitrogen and oxygen atoms in total. The Morgan fingerprint density at radius 2 is 1.93 bits per heavy atom. The van der Waals surface area contributed by atoms with Crippen LogP contribution in [-0.2, 0) is 9.53 Å². The maximum atomic E-state index is 12.6. The highest BCUT2D eigenvalue weighted by molar-refractivity contribution is 6.35. The van der Waals surface area contributed by atoms with Crippen molar-refractivity contribution in [2.24, 2.45) is 0 Å². The van der Waals surface area contributed by atoms with Gasteiger partial charge in [0.25, 0.3) is 0 Å². The van der Waals surface area contributed by atoms with Gasteiger partial charge < -0.3 is 10.1 Å². The zero-order valence-corrected chi connectivity index (χ0v) is 16.6. The first kappa shape index (κ1) is 18.5.